The lowest BCUT2D eigenvalue weighted by Gasteiger charge is -2.29. The highest BCUT2D eigenvalue weighted by Crippen LogP contribution is 2.39. The van der Waals surface area contributed by atoms with Crippen LogP contribution in [-0.2, 0) is 19.1 Å². The summed E-state index contributed by atoms with van der Waals surface area (Å²) in [7, 11) is 0. The Kier molecular flexibility index (Phi) is 3.68. The van der Waals surface area contributed by atoms with Gasteiger partial charge >= 0.3 is 0 Å². The maximum absolute atomic E-state index is 10.5. The molecule has 0 aliphatic carbocycles. The molecule has 11 heteroatoms. The van der Waals surface area contributed by atoms with Gasteiger partial charge in [-0.1, -0.05) is 0 Å². The van der Waals surface area contributed by atoms with E-state index in [1.165, 1.54) is 0 Å². The third-order valence-electron chi connectivity index (χ3n) is 3.16. The Morgan fingerprint density at radius 3 is 2.63 bits per heavy atom. The van der Waals surface area contributed by atoms with Crippen LogP contribution in [0.1, 0.15) is 6.42 Å². The van der Waals surface area contributed by atoms with Crippen LogP contribution in [0.25, 0.3) is 0 Å². The molecule has 2 fully saturated rings. The van der Waals surface area contributed by atoms with Gasteiger partial charge in [-0.05, 0) is 0 Å². The lowest BCUT2D eigenvalue weighted by molar-refractivity contribution is -0.783. The molecule has 108 valence electrons. The van der Waals surface area contributed by atoms with Crippen LogP contribution in [0.3, 0.4) is 0 Å². The summed E-state index contributed by atoms with van der Waals surface area (Å²) in [6.45, 7) is -0.712. The molecule has 0 radical (unpaired) electrons. The number of aliphatic hydroxyl groups is 1. The first-order valence-corrected chi connectivity index (χ1v) is 5.47. The Labute approximate surface area is 106 Å². The van der Waals surface area contributed by atoms with Crippen LogP contribution in [0.5, 0.6) is 0 Å². The van der Waals surface area contributed by atoms with E-state index in [9.17, 15) is 20.2 Å². The highest BCUT2D eigenvalue weighted by molar-refractivity contribution is 5.04. The van der Waals surface area contributed by atoms with E-state index in [1.54, 1.807) is 0 Å². The van der Waals surface area contributed by atoms with Gasteiger partial charge in [-0.3, -0.25) is 0 Å². The van der Waals surface area contributed by atoms with Crippen molar-refractivity contribution < 1.29 is 34.4 Å². The zero-order chi connectivity index (χ0) is 14.0. The monoisotopic (exact) mass is 280 g/mol. The molecule has 2 rings (SSSR count). The molecule has 19 heavy (non-hydrogen) atoms. The van der Waals surface area contributed by atoms with Crippen LogP contribution in [0.15, 0.2) is 0 Å². The molecule has 0 spiro atoms. The first-order valence-electron chi connectivity index (χ1n) is 5.47. The van der Waals surface area contributed by atoms with Gasteiger partial charge in [0.15, 0.2) is 11.7 Å². The highest BCUT2D eigenvalue weighted by Gasteiger charge is 2.60. The van der Waals surface area contributed by atoms with E-state index in [4.69, 9.17) is 14.6 Å². The van der Waals surface area contributed by atoms with E-state index >= 15 is 0 Å². The molecular weight excluding hydrogens is 268 g/mol. The predicted molar refractivity (Wildman–Crippen MR) is 53.9 cm³/mol. The van der Waals surface area contributed by atoms with E-state index in [0.29, 0.717) is 0 Å². The fourth-order valence-corrected chi connectivity index (χ4v) is 2.43. The Bertz CT molecular complexity index is 377. The Balaban J connectivity index is 2.12. The molecule has 0 bridgehead atoms. The molecular formula is C8H12N2O9. The smallest absolute Gasteiger partial charge is 0.295 e. The van der Waals surface area contributed by atoms with Crippen molar-refractivity contribution in [2.45, 2.75) is 30.3 Å². The summed E-state index contributed by atoms with van der Waals surface area (Å²) in [5.41, 5.74) is -1.46. The Morgan fingerprint density at radius 2 is 2.05 bits per heavy atom. The highest BCUT2D eigenvalue weighted by atomic mass is 17.0. The van der Waals surface area contributed by atoms with Crippen molar-refractivity contribution in [2.75, 3.05) is 19.8 Å². The second-order valence-corrected chi connectivity index (χ2v) is 4.25. The molecule has 2 heterocycles. The molecule has 0 amide bonds. The Hall–Kier alpha value is -1.72. The van der Waals surface area contributed by atoms with Crippen molar-refractivity contribution in [2.24, 2.45) is 0 Å². The zero-order valence-corrected chi connectivity index (χ0v) is 9.67. The van der Waals surface area contributed by atoms with Gasteiger partial charge in [0.05, 0.1) is 13.2 Å². The first-order chi connectivity index (χ1) is 8.98. The van der Waals surface area contributed by atoms with Gasteiger partial charge in [0, 0.05) is 13.0 Å². The van der Waals surface area contributed by atoms with Crippen molar-refractivity contribution in [3.8, 4) is 0 Å². The summed E-state index contributed by atoms with van der Waals surface area (Å²) in [4.78, 5) is 29.8. The number of aliphatic hydroxyl groups excluding tert-OH is 1. The standard InChI is InChI=1S/C8H12N2O9/c11-2-1-8(19-10(14)15)4-17-6-5(18-9(12)13)3-16-7(6)8/h5-7,11H,1-4H2/t5-,6-,7+,8-/m1/s1. The third-order valence-corrected chi connectivity index (χ3v) is 3.16. The molecule has 11 nitrogen and oxygen atoms in total. The molecule has 0 unspecified atom stereocenters. The van der Waals surface area contributed by atoms with Crippen molar-refractivity contribution >= 4 is 0 Å². The van der Waals surface area contributed by atoms with Crippen LogP contribution in [0, 0.1) is 20.2 Å². The summed E-state index contributed by atoms with van der Waals surface area (Å²) in [6.07, 6.45) is -2.77. The van der Waals surface area contributed by atoms with Gasteiger partial charge in [0.1, 0.15) is 12.2 Å². The molecule has 0 aromatic heterocycles. The summed E-state index contributed by atoms with van der Waals surface area (Å²) < 4.78 is 10.5. The van der Waals surface area contributed by atoms with E-state index in [1.807, 2.05) is 0 Å². The molecule has 2 saturated heterocycles. The summed E-state index contributed by atoms with van der Waals surface area (Å²) in [5, 5.41) is 27.9. The minimum Gasteiger partial charge on any atom is -0.396 e. The topological polar surface area (TPSA) is 143 Å². The summed E-state index contributed by atoms with van der Waals surface area (Å²) >= 11 is 0. The maximum Gasteiger partial charge on any atom is 0.295 e. The van der Waals surface area contributed by atoms with E-state index in [0.717, 1.165) is 0 Å². The van der Waals surface area contributed by atoms with Crippen LogP contribution in [0.2, 0.25) is 0 Å². The third kappa shape index (κ3) is 2.52. The van der Waals surface area contributed by atoms with Crippen LogP contribution in [0.4, 0.5) is 0 Å². The lowest BCUT2D eigenvalue weighted by Crippen LogP contribution is -2.48. The van der Waals surface area contributed by atoms with E-state index < -0.39 is 34.1 Å². The molecule has 1 N–H and O–H groups in total. The quantitative estimate of drug-likeness (QED) is 0.463. The van der Waals surface area contributed by atoms with Crippen molar-refractivity contribution in [3.05, 3.63) is 20.2 Å². The Morgan fingerprint density at radius 1 is 1.32 bits per heavy atom. The van der Waals surface area contributed by atoms with Gasteiger partial charge < -0.3 is 24.3 Å². The van der Waals surface area contributed by atoms with Crippen LogP contribution >= 0.6 is 0 Å². The van der Waals surface area contributed by atoms with E-state index in [-0.39, 0.29) is 26.2 Å². The van der Waals surface area contributed by atoms with Crippen molar-refractivity contribution in [1.82, 2.24) is 0 Å². The van der Waals surface area contributed by atoms with E-state index in [2.05, 4.69) is 9.68 Å². The number of ether oxygens (including phenoxy) is 2. The summed E-state index contributed by atoms with van der Waals surface area (Å²) in [6, 6.07) is 0. The molecule has 2 aliphatic heterocycles. The number of hydrogen-bond acceptors (Lipinski definition) is 9. The van der Waals surface area contributed by atoms with Gasteiger partial charge in [-0.2, -0.15) is 0 Å². The largest absolute Gasteiger partial charge is 0.396 e. The van der Waals surface area contributed by atoms with Crippen LogP contribution in [-0.4, -0.2) is 59.0 Å². The van der Waals surface area contributed by atoms with Gasteiger partial charge in [0.25, 0.3) is 10.2 Å². The predicted octanol–water partition coefficient (Wildman–Crippen LogP) is -1.31. The number of hydrogen-bond donors (Lipinski definition) is 1. The minimum atomic E-state index is -1.46. The fourth-order valence-electron chi connectivity index (χ4n) is 2.43. The maximum atomic E-state index is 10.5. The number of nitrogens with zero attached hydrogens (tertiary/aromatic N) is 2. The fraction of sp³-hybridized carbons (Fsp3) is 1.00. The van der Waals surface area contributed by atoms with Gasteiger partial charge in [0.2, 0.25) is 0 Å². The summed E-state index contributed by atoms with van der Waals surface area (Å²) in [5.74, 6) is 0. The SMILES string of the molecule is O=[N+]([O-])O[C@@H]1CO[C@H]2[C@@H]1OC[C@@]2(CCO)O[N+](=O)[O-]. The second-order valence-electron chi connectivity index (χ2n) is 4.25. The average molecular weight is 280 g/mol. The molecule has 0 aromatic carbocycles. The first kappa shape index (κ1) is 13.7. The normalized spacial score (nSPS) is 36.8. The van der Waals surface area contributed by atoms with Crippen molar-refractivity contribution in [1.29, 1.82) is 0 Å². The molecule has 0 aromatic rings. The lowest BCUT2D eigenvalue weighted by atomic mass is 9.93. The van der Waals surface area contributed by atoms with Gasteiger partial charge in [-0.15, -0.1) is 20.2 Å². The van der Waals surface area contributed by atoms with Crippen molar-refractivity contribution in [3.63, 3.8) is 0 Å². The minimum absolute atomic E-state index is 0.0830. The molecule has 2 aliphatic rings. The van der Waals surface area contributed by atoms with Crippen LogP contribution < -0.4 is 0 Å². The zero-order valence-electron chi connectivity index (χ0n) is 9.67. The number of rotatable bonds is 6. The molecule has 4 atom stereocenters. The molecule has 0 saturated carbocycles. The van der Waals surface area contributed by atoms with Gasteiger partial charge in [-0.25, -0.2) is 0 Å². The number of fused-ring (bicyclic) bond motifs is 1. The second kappa shape index (κ2) is 5.11. The average Bonchev–Trinajstić information content (AvgIpc) is 2.82.